The lowest BCUT2D eigenvalue weighted by molar-refractivity contribution is -0.121. The van der Waals surface area contributed by atoms with E-state index in [0.29, 0.717) is 18.2 Å². The molecule has 0 radical (unpaired) electrons. The fraction of sp³-hybridized carbons (Fsp3) is 0.429. The van der Waals surface area contributed by atoms with Crippen LogP contribution in [0.25, 0.3) is 11.4 Å². The highest BCUT2D eigenvalue weighted by Gasteiger charge is 2.17. The molecule has 1 aromatic heterocycles. The Morgan fingerprint density at radius 1 is 1.30 bits per heavy atom. The molecular weight excluding hydrogens is 254 g/mol. The molecule has 2 rings (SSSR count). The van der Waals surface area contributed by atoms with Crippen LogP contribution in [0.5, 0.6) is 0 Å². The molecule has 0 spiro atoms. The van der Waals surface area contributed by atoms with E-state index in [-0.39, 0.29) is 12.3 Å². The van der Waals surface area contributed by atoms with Gasteiger partial charge >= 0.3 is 0 Å². The summed E-state index contributed by atoms with van der Waals surface area (Å²) in [6, 6.07) is 9.05. The molecule has 0 saturated heterocycles. The van der Waals surface area contributed by atoms with E-state index in [1.54, 1.807) is 0 Å². The predicted octanol–water partition coefficient (Wildman–Crippen LogP) is 1.28. The number of nitrogens with two attached hydrogens (primary N) is 1. The number of benzene rings is 1. The number of nitrogens with zero attached hydrogens (tertiary/aromatic N) is 4. The molecule has 6 heteroatoms. The van der Waals surface area contributed by atoms with Crippen molar-refractivity contribution < 1.29 is 4.79 Å². The van der Waals surface area contributed by atoms with Crippen molar-refractivity contribution in [3.05, 3.63) is 30.3 Å². The van der Waals surface area contributed by atoms with Crippen LogP contribution in [-0.4, -0.2) is 32.0 Å². The zero-order chi connectivity index (χ0) is 14.5. The number of carbonyl (C=O) groups excluding carboxylic acids is 1. The first kappa shape index (κ1) is 14.3. The van der Waals surface area contributed by atoms with Gasteiger partial charge in [0.15, 0.2) is 5.78 Å². The number of ketones is 1. The van der Waals surface area contributed by atoms with E-state index in [9.17, 15) is 4.79 Å². The van der Waals surface area contributed by atoms with Crippen LogP contribution in [0.2, 0.25) is 0 Å². The Bertz CT molecular complexity index is 564. The molecule has 0 aliphatic rings. The second-order valence-electron chi connectivity index (χ2n) is 5.21. The van der Waals surface area contributed by atoms with Crippen LogP contribution in [0, 0.1) is 5.92 Å². The minimum absolute atomic E-state index is 0.0632. The van der Waals surface area contributed by atoms with Crippen LogP contribution in [0.4, 0.5) is 0 Å². The molecule has 1 heterocycles. The first-order valence-electron chi connectivity index (χ1n) is 6.68. The number of carbonyl (C=O) groups is 1. The summed E-state index contributed by atoms with van der Waals surface area (Å²) in [6.07, 6.45) is 0.666. The Morgan fingerprint density at radius 3 is 2.65 bits per heavy atom. The number of hydrogen-bond acceptors (Lipinski definition) is 5. The first-order valence-corrected chi connectivity index (χ1v) is 6.68. The summed E-state index contributed by atoms with van der Waals surface area (Å²) in [5.41, 5.74) is 6.72. The monoisotopic (exact) mass is 273 g/mol. The van der Waals surface area contributed by atoms with Gasteiger partial charge in [-0.25, -0.2) is 0 Å². The van der Waals surface area contributed by atoms with Gasteiger partial charge in [0.25, 0.3) is 0 Å². The Balaban J connectivity index is 2.01. The van der Waals surface area contributed by atoms with E-state index < -0.39 is 6.04 Å². The quantitative estimate of drug-likeness (QED) is 0.856. The summed E-state index contributed by atoms with van der Waals surface area (Å²) in [5.74, 6) is 0.823. The van der Waals surface area contributed by atoms with Crippen molar-refractivity contribution in [1.82, 2.24) is 20.2 Å². The third-order valence-electron chi connectivity index (χ3n) is 2.92. The van der Waals surface area contributed by atoms with Crippen molar-refractivity contribution >= 4 is 5.78 Å². The third kappa shape index (κ3) is 3.71. The molecule has 6 nitrogen and oxygen atoms in total. The maximum absolute atomic E-state index is 11.9. The topological polar surface area (TPSA) is 86.7 Å². The standard InChI is InChI=1S/C14H19N5O/c1-10(2)8-12(15)13(20)9-19-17-14(16-18-19)11-6-4-3-5-7-11/h3-7,10,12H,8-9,15H2,1-2H3/t12-/m0/s1. The Labute approximate surface area is 118 Å². The van der Waals surface area contributed by atoms with Crippen molar-refractivity contribution in [2.24, 2.45) is 11.7 Å². The van der Waals surface area contributed by atoms with Gasteiger partial charge in [-0.15, -0.1) is 10.2 Å². The van der Waals surface area contributed by atoms with Crippen LogP contribution in [-0.2, 0) is 11.3 Å². The van der Waals surface area contributed by atoms with E-state index in [4.69, 9.17) is 5.73 Å². The lowest BCUT2D eigenvalue weighted by atomic mass is 10.0. The van der Waals surface area contributed by atoms with Crippen molar-refractivity contribution in [3.63, 3.8) is 0 Å². The number of rotatable bonds is 6. The fourth-order valence-corrected chi connectivity index (χ4v) is 1.91. The van der Waals surface area contributed by atoms with Crippen LogP contribution < -0.4 is 5.73 Å². The van der Waals surface area contributed by atoms with Crippen molar-refractivity contribution in [1.29, 1.82) is 0 Å². The Hall–Kier alpha value is -2.08. The summed E-state index contributed by atoms with van der Waals surface area (Å²) < 4.78 is 0. The van der Waals surface area contributed by atoms with Gasteiger partial charge in [-0.2, -0.15) is 4.80 Å². The van der Waals surface area contributed by atoms with Gasteiger partial charge in [-0.05, 0) is 17.6 Å². The largest absolute Gasteiger partial charge is 0.321 e. The summed E-state index contributed by atoms with van der Waals surface area (Å²) in [6.45, 7) is 4.14. The average Bonchev–Trinajstić information content (AvgIpc) is 2.87. The number of Topliss-reactive ketones (excluding diaryl/α,β-unsaturated/α-hetero) is 1. The maximum Gasteiger partial charge on any atom is 0.204 e. The highest BCUT2D eigenvalue weighted by atomic mass is 16.1. The Kier molecular flexibility index (Phi) is 4.57. The van der Waals surface area contributed by atoms with Gasteiger partial charge in [0.1, 0.15) is 6.54 Å². The molecular formula is C14H19N5O. The molecule has 0 amide bonds. The molecule has 1 aromatic carbocycles. The van der Waals surface area contributed by atoms with Crippen molar-refractivity contribution in [2.45, 2.75) is 32.9 Å². The van der Waals surface area contributed by atoms with Gasteiger partial charge in [0.05, 0.1) is 6.04 Å². The average molecular weight is 273 g/mol. The lowest BCUT2D eigenvalue weighted by Gasteiger charge is -2.11. The molecule has 0 aliphatic carbocycles. The van der Waals surface area contributed by atoms with Gasteiger partial charge in [-0.1, -0.05) is 44.2 Å². The number of hydrogen-bond donors (Lipinski definition) is 1. The van der Waals surface area contributed by atoms with Gasteiger partial charge in [0, 0.05) is 5.56 Å². The minimum atomic E-state index is -0.471. The summed E-state index contributed by atoms with van der Waals surface area (Å²) in [4.78, 5) is 13.2. The molecule has 1 atom stereocenters. The lowest BCUT2D eigenvalue weighted by Crippen LogP contribution is -2.35. The Morgan fingerprint density at radius 2 is 2.00 bits per heavy atom. The summed E-state index contributed by atoms with van der Waals surface area (Å²) in [5, 5.41) is 12.0. The predicted molar refractivity (Wildman–Crippen MR) is 75.7 cm³/mol. The molecule has 20 heavy (non-hydrogen) atoms. The summed E-state index contributed by atoms with van der Waals surface area (Å²) in [7, 11) is 0. The van der Waals surface area contributed by atoms with Crippen LogP contribution in [0.1, 0.15) is 20.3 Å². The summed E-state index contributed by atoms with van der Waals surface area (Å²) >= 11 is 0. The molecule has 0 bridgehead atoms. The van der Waals surface area contributed by atoms with Crippen LogP contribution in [0.15, 0.2) is 30.3 Å². The van der Waals surface area contributed by atoms with Crippen LogP contribution in [0.3, 0.4) is 0 Å². The number of tetrazole rings is 1. The van der Waals surface area contributed by atoms with Gasteiger partial charge in [0.2, 0.25) is 5.82 Å². The van der Waals surface area contributed by atoms with E-state index in [2.05, 4.69) is 15.4 Å². The molecule has 0 unspecified atom stereocenters. The smallest absolute Gasteiger partial charge is 0.204 e. The van der Waals surface area contributed by atoms with Crippen molar-refractivity contribution in [2.75, 3.05) is 0 Å². The highest BCUT2D eigenvalue weighted by Crippen LogP contribution is 2.12. The zero-order valence-corrected chi connectivity index (χ0v) is 11.7. The van der Waals surface area contributed by atoms with E-state index in [1.165, 1.54) is 4.80 Å². The SMILES string of the molecule is CC(C)C[C@H](N)C(=O)Cn1nnc(-c2ccccc2)n1. The van der Waals surface area contributed by atoms with E-state index in [0.717, 1.165) is 5.56 Å². The molecule has 0 fully saturated rings. The molecule has 0 saturated carbocycles. The molecule has 106 valence electrons. The normalized spacial score (nSPS) is 12.6. The molecule has 0 aliphatic heterocycles. The zero-order valence-electron chi connectivity index (χ0n) is 11.7. The second-order valence-corrected chi connectivity index (χ2v) is 5.21. The van der Waals surface area contributed by atoms with E-state index in [1.807, 2.05) is 44.2 Å². The highest BCUT2D eigenvalue weighted by molar-refractivity contribution is 5.83. The molecule has 2 N–H and O–H groups in total. The second kappa shape index (κ2) is 6.38. The third-order valence-corrected chi connectivity index (χ3v) is 2.92. The van der Waals surface area contributed by atoms with Crippen LogP contribution >= 0.6 is 0 Å². The number of aromatic nitrogens is 4. The van der Waals surface area contributed by atoms with Crippen molar-refractivity contribution in [3.8, 4) is 11.4 Å². The first-order chi connectivity index (χ1) is 9.56. The van der Waals surface area contributed by atoms with E-state index >= 15 is 0 Å². The van der Waals surface area contributed by atoms with Gasteiger partial charge < -0.3 is 5.73 Å². The minimum Gasteiger partial charge on any atom is -0.321 e. The maximum atomic E-state index is 11.9. The fourth-order valence-electron chi connectivity index (χ4n) is 1.91. The molecule has 2 aromatic rings. The van der Waals surface area contributed by atoms with Gasteiger partial charge in [-0.3, -0.25) is 4.79 Å².